The van der Waals surface area contributed by atoms with Crippen molar-refractivity contribution in [2.45, 2.75) is 26.8 Å². The Labute approximate surface area is 202 Å². The molecule has 2 aromatic heterocycles. The highest BCUT2D eigenvalue weighted by molar-refractivity contribution is 14.2. The fourth-order valence-electron chi connectivity index (χ4n) is 3.41. The minimum Gasteiger partial charge on any atom is -0.494 e. The maximum absolute atomic E-state index is 13.7. The number of pyridine rings is 1. The lowest BCUT2D eigenvalue weighted by Gasteiger charge is -2.18. The first-order valence-electron chi connectivity index (χ1n) is 10.3. The lowest BCUT2D eigenvalue weighted by molar-refractivity contribution is 0.385. The summed E-state index contributed by atoms with van der Waals surface area (Å²) in [6.07, 6.45) is 2.12. The second-order valence-electron chi connectivity index (χ2n) is 7.58. The monoisotopic (exact) mass is 561 g/mol. The van der Waals surface area contributed by atoms with Gasteiger partial charge in [0.2, 0.25) is 5.88 Å². The van der Waals surface area contributed by atoms with Crippen LogP contribution in [0.15, 0.2) is 46.2 Å². The van der Waals surface area contributed by atoms with Crippen LogP contribution >= 0.6 is 20.7 Å². The molecule has 3 aromatic rings. The first-order valence-corrected chi connectivity index (χ1v) is 12.6. The maximum Gasteiger partial charge on any atom is 0.238 e. The number of aryl methyl sites for hydroxylation is 1. The third-order valence-corrected chi connectivity index (χ3v) is 7.37. The number of allylic oxidation sites excluding steroid dienone is 1. The van der Waals surface area contributed by atoms with E-state index >= 15 is 0 Å². The molecule has 1 aliphatic heterocycles. The Morgan fingerprint density at radius 3 is 2.52 bits per heavy atom. The number of methoxy groups -OCH3 is 2. The predicted octanol–water partition coefficient (Wildman–Crippen LogP) is 5.59. The summed E-state index contributed by atoms with van der Waals surface area (Å²) in [7, 11) is 3.07. The van der Waals surface area contributed by atoms with E-state index in [0.29, 0.717) is 23.1 Å². The standard InChI is InChI=1S/C24H25FIN5O2/c1-14-10-20(19-8-9-21(24(28-19)33-5)31-12-15(2)26-13-31)29-30-23(14)27-16(3)17-6-7-18(25)22(11-17)32-4/h6-13,16H,1-5H3,(H,27,30)/t16-/m0/s1. The topological polar surface area (TPSA) is 72.4 Å². The molecule has 4 rings (SSSR count). The lowest BCUT2D eigenvalue weighted by atomic mass is 10.1. The van der Waals surface area contributed by atoms with Crippen LogP contribution in [0.1, 0.15) is 31.0 Å². The number of rotatable bonds is 7. The molecule has 0 radical (unpaired) electrons. The molecule has 33 heavy (non-hydrogen) atoms. The van der Waals surface area contributed by atoms with Gasteiger partial charge in [-0.2, -0.15) is 0 Å². The van der Waals surface area contributed by atoms with Crippen molar-refractivity contribution in [2.24, 2.45) is 0 Å². The van der Waals surface area contributed by atoms with Gasteiger partial charge < -0.3 is 19.7 Å². The molecule has 1 N–H and O–H groups in total. The average molecular weight is 561 g/mol. The summed E-state index contributed by atoms with van der Waals surface area (Å²) < 4.78 is 28.0. The second-order valence-corrected chi connectivity index (χ2v) is 10.5. The summed E-state index contributed by atoms with van der Waals surface area (Å²) in [5, 5.41) is 12.1. The molecule has 0 fully saturated rings. The lowest BCUT2D eigenvalue weighted by Crippen LogP contribution is -2.12. The number of halogens is 2. The minimum atomic E-state index is -0.391. The van der Waals surface area contributed by atoms with E-state index in [1.807, 2.05) is 32.0 Å². The molecule has 1 atom stereocenters. The van der Waals surface area contributed by atoms with E-state index in [4.69, 9.17) is 9.47 Å². The van der Waals surface area contributed by atoms with Crippen LogP contribution in [0.3, 0.4) is 0 Å². The van der Waals surface area contributed by atoms with Gasteiger partial charge >= 0.3 is 0 Å². The average Bonchev–Trinajstić information content (AvgIpc) is 3.26. The number of hydrogen-bond acceptors (Lipinski definition) is 7. The molecule has 0 unspecified atom stereocenters. The molecule has 0 aliphatic carbocycles. The summed E-state index contributed by atoms with van der Waals surface area (Å²) in [4.78, 5) is 6.74. The Morgan fingerprint density at radius 2 is 1.85 bits per heavy atom. The second kappa shape index (κ2) is 9.82. The molecule has 0 spiro atoms. The van der Waals surface area contributed by atoms with Crippen LogP contribution in [0, 0.1) is 12.7 Å². The summed E-state index contributed by atoms with van der Waals surface area (Å²) in [6.45, 7) is 6.07. The van der Waals surface area contributed by atoms with Gasteiger partial charge in [0.25, 0.3) is 0 Å². The van der Waals surface area contributed by atoms with E-state index in [1.54, 1.807) is 19.2 Å². The number of hydrogen-bond donors (Lipinski definition) is 1. The Hall–Kier alpha value is -3.08. The molecule has 0 amide bonds. The van der Waals surface area contributed by atoms with Crippen LogP contribution in [0.2, 0.25) is 0 Å². The molecule has 1 aliphatic rings. The van der Waals surface area contributed by atoms with Crippen molar-refractivity contribution in [1.82, 2.24) is 15.2 Å². The number of benzene rings is 1. The molecule has 3 heterocycles. The molecular weight excluding hydrogens is 536 g/mol. The fraction of sp³-hybridized carbons (Fsp3) is 0.250. The summed E-state index contributed by atoms with van der Waals surface area (Å²) in [6, 6.07) is 10.5. The normalized spacial score (nSPS) is 13.9. The van der Waals surface area contributed by atoms with E-state index in [9.17, 15) is 4.39 Å². The molecule has 0 saturated heterocycles. The highest BCUT2D eigenvalue weighted by atomic mass is 127. The molecule has 9 heteroatoms. The molecule has 1 aromatic carbocycles. The van der Waals surface area contributed by atoms with Crippen LogP contribution in [0.4, 0.5) is 15.9 Å². The predicted molar refractivity (Wildman–Crippen MR) is 138 cm³/mol. The van der Waals surface area contributed by atoms with Gasteiger partial charge in [0.05, 0.1) is 26.0 Å². The third kappa shape index (κ3) is 4.97. The van der Waals surface area contributed by atoms with Crippen molar-refractivity contribution in [3.05, 3.63) is 63.1 Å². The minimum absolute atomic E-state index is 0.0712. The van der Waals surface area contributed by atoms with Crippen LogP contribution < -0.4 is 19.7 Å². The molecule has 0 saturated carbocycles. The summed E-state index contributed by atoms with van der Waals surface area (Å²) in [5.74, 6) is 1.01. The van der Waals surface area contributed by atoms with Crippen LogP contribution in [-0.2, 0) is 0 Å². The van der Waals surface area contributed by atoms with Gasteiger partial charge in [-0.05, 0) is 62.2 Å². The zero-order chi connectivity index (χ0) is 23.5. The number of ether oxygens (including phenoxy) is 2. The molecule has 0 bridgehead atoms. The Balaban J connectivity index is 1.56. The zero-order valence-corrected chi connectivity index (χ0v) is 21.2. The van der Waals surface area contributed by atoms with Crippen LogP contribution in [0.5, 0.6) is 11.6 Å². The first-order chi connectivity index (χ1) is 15.9. The third-order valence-electron chi connectivity index (χ3n) is 5.23. The first kappa shape index (κ1) is 23.1. The van der Waals surface area contributed by atoms with E-state index in [-0.39, 0.29) is 32.5 Å². The molecule has 172 valence electrons. The van der Waals surface area contributed by atoms with E-state index in [2.05, 4.69) is 42.7 Å². The van der Waals surface area contributed by atoms with E-state index < -0.39 is 5.82 Å². The SMILES string of the molecule is COc1cc([C@H](C)Nc2nnc(-c3ccc(N4C=IC(C)=C4)c(OC)n3)cc2C)ccc1F. The Bertz CT molecular complexity index is 1250. The quantitative estimate of drug-likeness (QED) is 0.378. The zero-order valence-electron chi connectivity index (χ0n) is 19.1. The van der Waals surface area contributed by atoms with Crippen LogP contribution in [0.25, 0.3) is 11.4 Å². The number of nitrogens with one attached hydrogen (secondary N) is 1. The maximum atomic E-state index is 13.7. The number of nitrogens with zero attached hydrogens (tertiary/aromatic N) is 4. The number of aromatic nitrogens is 3. The van der Waals surface area contributed by atoms with Crippen molar-refractivity contribution in [2.75, 3.05) is 24.4 Å². The van der Waals surface area contributed by atoms with Gasteiger partial charge in [-0.1, -0.05) is 26.8 Å². The van der Waals surface area contributed by atoms with Gasteiger partial charge in [0.15, 0.2) is 17.4 Å². The Morgan fingerprint density at radius 1 is 1.03 bits per heavy atom. The number of anilines is 2. The highest BCUT2D eigenvalue weighted by Gasteiger charge is 2.17. The van der Waals surface area contributed by atoms with Gasteiger partial charge in [-0.25, -0.2) is 9.37 Å². The summed E-state index contributed by atoms with van der Waals surface area (Å²) in [5.41, 5.74) is 4.05. The van der Waals surface area contributed by atoms with E-state index in [1.165, 1.54) is 16.8 Å². The van der Waals surface area contributed by atoms with Crippen molar-refractivity contribution in [3.63, 3.8) is 0 Å². The van der Waals surface area contributed by atoms with Crippen molar-refractivity contribution in [3.8, 4) is 23.0 Å². The molecular formula is C24H25FIN5O2. The van der Waals surface area contributed by atoms with E-state index in [0.717, 1.165) is 16.8 Å². The highest BCUT2D eigenvalue weighted by Crippen LogP contribution is 2.34. The van der Waals surface area contributed by atoms with Gasteiger partial charge in [0, 0.05) is 13.9 Å². The molecule has 7 nitrogen and oxygen atoms in total. The van der Waals surface area contributed by atoms with Crippen molar-refractivity contribution < 1.29 is 13.9 Å². The van der Waals surface area contributed by atoms with Crippen molar-refractivity contribution in [1.29, 1.82) is 0 Å². The van der Waals surface area contributed by atoms with Crippen molar-refractivity contribution >= 4 is 36.4 Å². The van der Waals surface area contributed by atoms with Gasteiger partial charge in [0.1, 0.15) is 11.4 Å². The summed E-state index contributed by atoms with van der Waals surface area (Å²) >= 11 is -0.0712. The van der Waals surface area contributed by atoms with Gasteiger partial charge in [-0.15, -0.1) is 10.2 Å². The Kier molecular flexibility index (Phi) is 6.87. The van der Waals surface area contributed by atoms with Crippen LogP contribution in [-0.4, -0.2) is 33.5 Å². The largest absolute Gasteiger partial charge is 0.494 e. The van der Waals surface area contributed by atoms with Gasteiger partial charge in [-0.3, -0.25) is 0 Å². The smallest absolute Gasteiger partial charge is 0.238 e. The fourth-order valence-corrected chi connectivity index (χ4v) is 5.07.